The van der Waals surface area contributed by atoms with Crippen LogP contribution < -0.4 is 0 Å². The molecule has 0 unspecified atom stereocenters. The molecule has 4 aromatic heterocycles. The van der Waals surface area contributed by atoms with Crippen molar-refractivity contribution < 1.29 is 0 Å². The van der Waals surface area contributed by atoms with Gasteiger partial charge in [-0.25, -0.2) is 9.97 Å². The second-order valence-corrected chi connectivity index (χ2v) is 6.08. The van der Waals surface area contributed by atoms with Crippen LogP contribution in [0.2, 0.25) is 0 Å². The van der Waals surface area contributed by atoms with Crippen molar-refractivity contribution in [3.63, 3.8) is 0 Å². The Morgan fingerprint density at radius 1 is 1.14 bits per heavy atom. The van der Waals surface area contributed by atoms with E-state index in [-0.39, 0.29) is 0 Å². The zero-order chi connectivity index (χ0) is 15.1. The summed E-state index contributed by atoms with van der Waals surface area (Å²) < 4.78 is 1.82. The summed E-state index contributed by atoms with van der Waals surface area (Å²) in [7, 11) is 1.92. The summed E-state index contributed by atoms with van der Waals surface area (Å²) in [5.74, 6) is 0. The lowest BCUT2D eigenvalue weighted by atomic mass is 10.2. The second-order valence-electron chi connectivity index (χ2n) is 5.05. The number of rotatable bonds is 2. The SMILES string of the molecule is Cc1nn(C)c2nc(-c3cnc(-c4cccnc4)s3)ccc12. The quantitative estimate of drug-likeness (QED) is 0.569. The number of nitrogens with zero attached hydrogens (tertiary/aromatic N) is 5. The van der Waals surface area contributed by atoms with Crippen LogP contribution in [0.25, 0.3) is 32.2 Å². The maximum atomic E-state index is 4.73. The first-order valence-corrected chi connectivity index (χ1v) is 7.71. The van der Waals surface area contributed by atoms with Gasteiger partial charge in [-0.3, -0.25) is 9.67 Å². The maximum absolute atomic E-state index is 4.73. The van der Waals surface area contributed by atoms with Crippen LogP contribution in [0.15, 0.2) is 42.9 Å². The van der Waals surface area contributed by atoms with E-state index in [4.69, 9.17) is 4.98 Å². The van der Waals surface area contributed by atoms with Gasteiger partial charge in [0.05, 0.1) is 16.3 Å². The van der Waals surface area contributed by atoms with Gasteiger partial charge in [0, 0.05) is 36.6 Å². The molecule has 0 aliphatic heterocycles. The van der Waals surface area contributed by atoms with E-state index >= 15 is 0 Å². The summed E-state index contributed by atoms with van der Waals surface area (Å²) in [5, 5.41) is 6.45. The zero-order valence-corrected chi connectivity index (χ0v) is 13.0. The average molecular weight is 307 g/mol. The molecule has 0 fully saturated rings. The number of aromatic nitrogens is 5. The lowest BCUT2D eigenvalue weighted by molar-refractivity contribution is 0.774. The van der Waals surface area contributed by atoms with Crippen molar-refractivity contribution >= 4 is 22.4 Å². The average Bonchev–Trinajstić information content (AvgIpc) is 3.14. The molecule has 0 atom stereocenters. The van der Waals surface area contributed by atoms with Crippen molar-refractivity contribution in [3.05, 3.63) is 48.5 Å². The van der Waals surface area contributed by atoms with Crippen LogP contribution in [0.5, 0.6) is 0 Å². The highest BCUT2D eigenvalue weighted by Gasteiger charge is 2.11. The molecule has 108 valence electrons. The minimum atomic E-state index is 0.895. The molecular weight excluding hydrogens is 294 g/mol. The number of fused-ring (bicyclic) bond motifs is 1. The van der Waals surface area contributed by atoms with Crippen LogP contribution in [-0.2, 0) is 7.05 Å². The Kier molecular flexibility index (Phi) is 2.97. The zero-order valence-electron chi connectivity index (χ0n) is 12.2. The molecule has 0 spiro atoms. The number of thiazole rings is 1. The molecule has 0 bridgehead atoms. The fourth-order valence-corrected chi connectivity index (χ4v) is 3.33. The minimum Gasteiger partial charge on any atom is -0.264 e. The summed E-state index contributed by atoms with van der Waals surface area (Å²) in [6.07, 6.45) is 5.45. The molecule has 4 heterocycles. The molecule has 0 saturated carbocycles. The standard InChI is InChI=1S/C16H13N5S/c1-10-12-5-6-13(19-15(12)21(2)20-10)14-9-18-16(22-14)11-4-3-7-17-8-11/h3-9H,1-2H3. The van der Waals surface area contributed by atoms with Crippen LogP contribution in [0.1, 0.15) is 5.69 Å². The van der Waals surface area contributed by atoms with Crippen LogP contribution in [0.4, 0.5) is 0 Å². The smallest absolute Gasteiger partial charge is 0.158 e. The highest BCUT2D eigenvalue weighted by molar-refractivity contribution is 7.18. The molecule has 0 aliphatic carbocycles. The van der Waals surface area contributed by atoms with Gasteiger partial charge >= 0.3 is 0 Å². The molecular formula is C16H13N5S. The van der Waals surface area contributed by atoms with Crippen molar-refractivity contribution in [2.75, 3.05) is 0 Å². The predicted molar refractivity (Wildman–Crippen MR) is 87.6 cm³/mol. The first-order chi connectivity index (χ1) is 10.7. The van der Waals surface area contributed by atoms with Crippen LogP contribution in [-0.4, -0.2) is 24.7 Å². The van der Waals surface area contributed by atoms with Gasteiger partial charge in [0.1, 0.15) is 5.01 Å². The van der Waals surface area contributed by atoms with Crippen LogP contribution >= 0.6 is 11.3 Å². The predicted octanol–water partition coefficient (Wildman–Crippen LogP) is 3.46. The van der Waals surface area contributed by atoms with Crippen molar-refractivity contribution in [2.24, 2.45) is 7.05 Å². The van der Waals surface area contributed by atoms with Gasteiger partial charge in [0.2, 0.25) is 0 Å². The number of hydrogen-bond acceptors (Lipinski definition) is 5. The molecule has 0 N–H and O–H groups in total. The fourth-order valence-electron chi connectivity index (χ4n) is 2.46. The first kappa shape index (κ1) is 13.1. The van der Waals surface area contributed by atoms with Gasteiger partial charge in [-0.1, -0.05) is 0 Å². The highest BCUT2D eigenvalue weighted by atomic mass is 32.1. The maximum Gasteiger partial charge on any atom is 0.158 e. The summed E-state index contributed by atoms with van der Waals surface area (Å²) in [4.78, 5) is 14.4. The molecule has 0 saturated heterocycles. The normalized spacial score (nSPS) is 11.2. The summed E-state index contributed by atoms with van der Waals surface area (Å²) >= 11 is 1.62. The lowest BCUT2D eigenvalue weighted by Crippen LogP contribution is -1.92. The molecule has 4 rings (SSSR count). The monoisotopic (exact) mass is 307 g/mol. The van der Waals surface area contributed by atoms with E-state index in [0.717, 1.165) is 37.9 Å². The number of aryl methyl sites for hydroxylation is 2. The van der Waals surface area contributed by atoms with Crippen LogP contribution in [0, 0.1) is 6.92 Å². The van der Waals surface area contributed by atoms with Crippen molar-refractivity contribution in [3.8, 4) is 21.1 Å². The van der Waals surface area contributed by atoms with E-state index < -0.39 is 0 Å². The Morgan fingerprint density at radius 3 is 2.86 bits per heavy atom. The first-order valence-electron chi connectivity index (χ1n) is 6.89. The van der Waals surface area contributed by atoms with E-state index in [1.807, 2.05) is 49.2 Å². The third-order valence-corrected chi connectivity index (χ3v) is 4.61. The van der Waals surface area contributed by atoms with Gasteiger partial charge in [-0.05, 0) is 31.2 Å². The van der Waals surface area contributed by atoms with Gasteiger partial charge in [-0.2, -0.15) is 5.10 Å². The topological polar surface area (TPSA) is 56.5 Å². The second kappa shape index (κ2) is 4.99. The summed E-state index contributed by atoms with van der Waals surface area (Å²) in [5.41, 5.74) is 3.84. The lowest BCUT2D eigenvalue weighted by Gasteiger charge is -1.98. The van der Waals surface area contributed by atoms with E-state index in [1.165, 1.54) is 0 Å². The van der Waals surface area contributed by atoms with Gasteiger partial charge in [0.15, 0.2) is 5.65 Å². The third-order valence-electron chi connectivity index (χ3n) is 3.54. The summed E-state index contributed by atoms with van der Waals surface area (Å²) in [6, 6.07) is 8.02. The molecule has 0 radical (unpaired) electrons. The van der Waals surface area contributed by atoms with E-state index in [1.54, 1.807) is 17.5 Å². The fraction of sp³-hybridized carbons (Fsp3) is 0.125. The molecule has 0 amide bonds. The Hall–Kier alpha value is -2.60. The van der Waals surface area contributed by atoms with Gasteiger partial charge in [0.25, 0.3) is 0 Å². The van der Waals surface area contributed by atoms with Gasteiger partial charge < -0.3 is 0 Å². The Labute approximate surface area is 131 Å². The Morgan fingerprint density at radius 2 is 2.05 bits per heavy atom. The number of hydrogen-bond donors (Lipinski definition) is 0. The Balaban J connectivity index is 1.79. The van der Waals surface area contributed by atoms with Crippen molar-refractivity contribution in [1.29, 1.82) is 0 Å². The third kappa shape index (κ3) is 2.08. The summed E-state index contributed by atoms with van der Waals surface area (Å²) in [6.45, 7) is 2.00. The minimum absolute atomic E-state index is 0.895. The number of pyridine rings is 2. The molecule has 22 heavy (non-hydrogen) atoms. The Bertz CT molecular complexity index is 955. The van der Waals surface area contributed by atoms with E-state index in [9.17, 15) is 0 Å². The molecule has 4 aromatic rings. The molecule has 6 heteroatoms. The molecule has 0 aliphatic rings. The van der Waals surface area contributed by atoms with Crippen molar-refractivity contribution in [1.82, 2.24) is 24.7 Å². The largest absolute Gasteiger partial charge is 0.264 e. The highest BCUT2D eigenvalue weighted by Crippen LogP contribution is 2.31. The van der Waals surface area contributed by atoms with E-state index in [2.05, 4.69) is 21.1 Å². The van der Waals surface area contributed by atoms with E-state index in [0.29, 0.717) is 0 Å². The van der Waals surface area contributed by atoms with Crippen LogP contribution in [0.3, 0.4) is 0 Å². The molecule has 0 aromatic carbocycles. The van der Waals surface area contributed by atoms with Gasteiger partial charge in [-0.15, -0.1) is 11.3 Å². The van der Waals surface area contributed by atoms with Crippen molar-refractivity contribution in [2.45, 2.75) is 6.92 Å². The molecule has 5 nitrogen and oxygen atoms in total.